The Morgan fingerprint density at radius 3 is 2.50 bits per heavy atom. The van der Waals surface area contributed by atoms with Gasteiger partial charge >= 0.3 is 0 Å². The van der Waals surface area contributed by atoms with Crippen LogP contribution in [0.4, 0.5) is 0 Å². The molecule has 90 valence electrons. The van der Waals surface area contributed by atoms with Crippen molar-refractivity contribution < 1.29 is 4.79 Å². The predicted molar refractivity (Wildman–Crippen MR) is 65.8 cm³/mol. The van der Waals surface area contributed by atoms with E-state index < -0.39 is 0 Å². The van der Waals surface area contributed by atoms with Crippen molar-refractivity contribution in [2.75, 3.05) is 0 Å². The highest BCUT2D eigenvalue weighted by Crippen LogP contribution is 2.17. The predicted octanol–water partition coefficient (Wildman–Crippen LogP) is 3.14. The largest absolute Gasteiger partial charge is 0.294 e. The third kappa shape index (κ3) is 2.52. The van der Waals surface area contributed by atoms with Gasteiger partial charge in [0.2, 0.25) is 0 Å². The monoisotopic (exact) mass is 222 g/mol. The Labute approximate surface area is 97.8 Å². The van der Waals surface area contributed by atoms with E-state index in [0.717, 1.165) is 29.9 Å². The molecule has 0 saturated heterocycles. The number of carbonyl (C=O) groups excluding carboxylic acids is 1. The van der Waals surface area contributed by atoms with Crippen LogP contribution in [-0.2, 0) is 6.54 Å². The van der Waals surface area contributed by atoms with Gasteiger partial charge in [-0.2, -0.15) is 5.10 Å². The number of aryl methyl sites for hydroxylation is 1. The lowest BCUT2D eigenvalue weighted by atomic mass is 10.1. The molecule has 0 amide bonds. The summed E-state index contributed by atoms with van der Waals surface area (Å²) in [5, 5.41) is 4.46. The maximum absolute atomic E-state index is 11.8. The molecule has 0 aliphatic carbocycles. The molecule has 1 heterocycles. The van der Waals surface area contributed by atoms with Crippen LogP contribution in [0.1, 0.15) is 55.4 Å². The van der Waals surface area contributed by atoms with E-state index in [4.69, 9.17) is 0 Å². The van der Waals surface area contributed by atoms with Crippen LogP contribution in [0.5, 0.6) is 0 Å². The summed E-state index contributed by atoms with van der Waals surface area (Å²) >= 11 is 0. The Hall–Kier alpha value is -1.12. The first-order valence-electron chi connectivity index (χ1n) is 6.08. The highest BCUT2D eigenvalue weighted by Gasteiger charge is 2.17. The molecule has 0 aliphatic heterocycles. The summed E-state index contributed by atoms with van der Waals surface area (Å²) in [6.07, 6.45) is 1.69. The SMILES string of the molecule is CCC(=O)c1c(C)nn(CC(C)CC)c1C. The maximum Gasteiger partial charge on any atom is 0.166 e. The molecular formula is C13H22N2O. The van der Waals surface area contributed by atoms with Gasteiger partial charge in [-0.05, 0) is 19.8 Å². The van der Waals surface area contributed by atoms with Crippen LogP contribution in [0.25, 0.3) is 0 Å². The van der Waals surface area contributed by atoms with Gasteiger partial charge in [0.05, 0.1) is 11.3 Å². The average Bonchev–Trinajstić information content (AvgIpc) is 2.53. The molecule has 1 unspecified atom stereocenters. The van der Waals surface area contributed by atoms with Crippen LogP contribution in [0, 0.1) is 19.8 Å². The standard InChI is InChI=1S/C13H22N2O/c1-6-9(3)8-15-11(5)13(10(4)14-15)12(16)7-2/h9H,6-8H2,1-5H3. The zero-order valence-corrected chi connectivity index (χ0v) is 11.0. The zero-order valence-electron chi connectivity index (χ0n) is 11.0. The van der Waals surface area contributed by atoms with Crippen LogP contribution in [0.3, 0.4) is 0 Å². The summed E-state index contributed by atoms with van der Waals surface area (Å²) in [6, 6.07) is 0. The zero-order chi connectivity index (χ0) is 12.3. The van der Waals surface area contributed by atoms with Crippen LogP contribution in [-0.4, -0.2) is 15.6 Å². The molecule has 0 N–H and O–H groups in total. The van der Waals surface area contributed by atoms with E-state index >= 15 is 0 Å². The van der Waals surface area contributed by atoms with Crippen LogP contribution < -0.4 is 0 Å². The van der Waals surface area contributed by atoms with Crippen LogP contribution in [0.2, 0.25) is 0 Å². The number of hydrogen-bond acceptors (Lipinski definition) is 2. The van der Waals surface area contributed by atoms with E-state index in [2.05, 4.69) is 18.9 Å². The molecule has 0 saturated carbocycles. The molecule has 1 atom stereocenters. The normalized spacial score (nSPS) is 12.8. The Morgan fingerprint density at radius 1 is 1.38 bits per heavy atom. The van der Waals surface area contributed by atoms with Gasteiger partial charge in [-0.3, -0.25) is 9.48 Å². The quantitative estimate of drug-likeness (QED) is 0.717. The minimum Gasteiger partial charge on any atom is -0.294 e. The van der Waals surface area contributed by atoms with Crippen molar-refractivity contribution in [2.24, 2.45) is 5.92 Å². The molecule has 0 aliphatic rings. The Balaban J connectivity index is 3.02. The molecule has 3 heteroatoms. The lowest BCUT2D eigenvalue weighted by Gasteiger charge is -2.10. The lowest BCUT2D eigenvalue weighted by Crippen LogP contribution is -2.10. The number of nitrogens with zero attached hydrogens (tertiary/aromatic N) is 2. The molecule has 0 spiro atoms. The number of ketones is 1. The van der Waals surface area contributed by atoms with Gasteiger partial charge in [-0.25, -0.2) is 0 Å². The van der Waals surface area contributed by atoms with E-state index in [0.29, 0.717) is 12.3 Å². The molecule has 1 aromatic heterocycles. The van der Waals surface area contributed by atoms with E-state index in [1.165, 1.54) is 0 Å². The second kappa shape index (κ2) is 5.28. The molecular weight excluding hydrogens is 200 g/mol. The fraction of sp³-hybridized carbons (Fsp3) is 0.692. The topological polar surface area (TPSA) is 34.9 Å². The van der Waals surface area contributed by atoms with E-state index in [9.17, 15) is 4.79 Å². The van der Waals surface area contributed by atoms with Gasteiger partial charge < -0.3 is 0 Å². The van der Waals surface area contributed by atoms with Crippen molar-refractivity contribution in [1.29, 1.82) is 0 Å². The maximum atomic E-state index is 11.8. The first kappa shape index (κ1) is 12.9. The fourth-order valence-corrected chi connectivity index (χ4v) is 1.88. The smallest absolute Gasteiger partial charge is 0.166 e. The van der Waals surface area contributed by atoms with Crippen molar-refractivity contribution in [3.63, 3.8) is 0 Å². The number of carbonyl (C=O) groups is 1. The fourth-order valence-electron chi connectivity index (χ4n) is 1.88. The van der Waals surface area contributed by atoms with Crippen molar-refractivity contribution >= 4 is 5.78 Å². The minimum absolute atomic E-state index is 0.199. The molecule has 1 aromatic rings. The number of aromatic nitrogens is 2. The summed E-state index contributed by atoms with van der Waals surface area (Å²) in [5.41, 5.74) is 2.71. The van der Waals surface area contributed by atoms with E-state index in [-0.39, 0.29) is 5.78 Å². The second-order valence-electron chi connectivity index (χ2n) is 4.52. The van der Waals surface area contributed by atoms with Crippen molar-refractivity contribution in [2.45, 2.75) is 54.0 Å². The van der Waals surface area contributed by atoms with Gasteiger partial charge in [-0.1, -0.05) is 27.2 Å². The molecule has 0 radical (unpaired) electrons. The van der Waals surface area contributed by atoms with Crippen LogP contribution >= 0.6 is 0 Å². The number of rotatable bonds is 5. The Bertz CT molecular complexity index is 380. The van der Waals surface area contributed by atoms with Crippen molar-refractivity contribution in [3.8, 4) is 0 Å². The third-order valence-corrected chi connectivity index (χ3v) is 3.16. The summed E-state index contributed by atoms with van der Waals surface area (Å²) in [7, 11) is 0. The number of hydrogen-bond donors (Lipinski definition) is 0. The summed E-state index contributed by atoms with van der Waals surface area (Å²) in [4.78, 5) is 11.8. The third-order valence-electron chi connectivity index (χ3n) is 3.16. The Kier molecular flexibility index (Phi) is 4.27. The molecule has 3 nitrogen and oxygen atoms in total. The molecule has 0 aromatic carbocycles. The summed E-state index contributed by atoms with van der Waals surface area (Å²) in [5.74, 6) is 0.799. The first-order valence-corrected chi connectivity index (χ1v) is 6.08. The first-order chi connectivity index (χ1) is 7.51. The van der Waals surface area contributed by atoms with Gasteiger partial charge in [0.25, 0.3) is 0 Å². The molecule has 16 heavy (non-hydrogen) atoms. The van der Waals surface area contributed by atoms with Gasteiger partial charge in [0.1, 0.15) is 0 Å². The number of Topliss-reactive ketones (excluding diaryl/α,β-unsaturated/α-hetero) is 1. The van der Waals surface area contributed by atoms with E-state index in [1.807, 2.05) is 25.5 Å². The van der Waals surface area contributed by atoms with Gasteiger partial charge in [0.15, 0.2) is 5.78 Å². The average molecular weight is 222 g/mol. The molecule has 0 bridgehead atoms. The van der Waals surface area contributed by atoms with Crippen LogP contribution in [0.15, 0.2) is 0 Å². The van der Waals surface area contributed by atoms with Gasteiger partial charge in [-0.15, -0.1) is 0 Å². The van der Waals surface area contributed by atoms with Crippen molar-refractivity contribution in [1.82, 2.24) is 9.78 Å². The van der Waals surface area contributed by atoms with Gasteiger partial charge in [0, 0.05) is 18.7 Å². The summed E-state index contributed by atoms with van der Waals surface area (Å²) in [6.45, 7) is 11.1. The molecule has 0 fully saturated rings. The van der Waals surface area contributed by atoms with Crippen molar-refractivity contribution in [3.05, 3.63) is 17.0 Å². The lowest BCUT2D eigenvalue weighted by molar-refractivity contribution is 0.0987. The minimum atomic E-state index is 0.199. The Morgan fingerprint density at radius 2 is 2.00 bits per heavy atom. The second-order valence-corrected chi connectivity index (χ2v) is 4.52. The molecule has 1 rings (SSSR count). The summed E-state index contributed by atoms with van der Waals surface area (Å²) < 4.78 is 1.98. The highest BCUT2D eigenvalue weighted by molar-refractivity contribution is 5.97. The van der Waals surface area contributed by atoms with E-state index in [1.54, 1.807) is 0 Å². The highest BCUT2D eigenvalue weighted by atomic mass is 16.1.